The Morgan fingerprint density at radius 3 is 2.00 bits per heavy atom. The van der Waals surface area contributed by atoms with Gasteiger partial charge in [-0.25, -0.2) is 0 Å². The summed E-state index contributed by atoms with van der Waals surface area (Å²) < 4.78 is 7.97. The lowest BCUT2D eigenvalue weighted by atomic mass is 10.1. The lowest BCUT2D eigenvalue weighted by molar-refractivity contribution is -0.914. The van der Waals surface area contributed by atoms with Gasteiger partial charge in [0.2, 0.25) is 0 Å². The fourth-order valence-corrected chi connectivity index (χ4v) is 2.22. The summed E-state index contributed by atoms with van der Waals surface area (Å²) in [6.45, 7) is 6.80. The molecule has 0 radical (unpaired) electrons. The van der Waals surface area contributed by atoms with Gasteiger partial charge in [-0.05, 0) is 19.3 Å². The van der Waals surface area contributed by atoms with E-state index in [9.17, 15) is 0 Å². The topological polar surface area (TPSA) is 9.23 Å². The monoisotopic (exact) mass is 484 g/mol. The molecule has 0 unspecified atom stereocenters. The SMILES string of the molecule is C[N+](C)(C)CCOCC[N+]1(C)CCCCC1.[I-].[I-]. The summed E-state index contributed by atoms with van der Waals surface area (Å²) in [5, 5.41) is 0. The Morgan fingerprint density at radius 2 is 1.50 bits per heavy atom. The number of piperidine rings is 1. The number of likely N-dealkylation sites (N-methyl/N-ethyl adjacent to an activating group) is 2. The van der Waals surface area contributed by atoms with Crippen molar-refractivity contribution in [2.24, 2.45) is 0 Å². The summed E-state index contributed by atoms with van der Waals surface area (Å²) in [5.74, 6) is 0. The quantitative estimate of drug-likeness (QED) is 0.210. The van der Waals surface area contributed by atoms with Gasteiger partial charge in [0.25, 0.3) is 0 Å². The first kappa shape index (κ1) is 21.6. The van der Waals surface area contributed by atoms with Crippen LogP contribution in [0.15, 0.2) is 0 Å². The molecule has 0 aromatic rings. The minimum absolute atomic E-state index is 0. The van der Waals surface area contributed by atoms with E-state index in [0.29, 0.717) is 0 Å². The predicted octanol–water partition coefficient (Wildman–Crippen LogP) is -4.65. The van der Waals surface area contributed by atoms with E-state index >= 15 is 0 Å². The molecule has 1 heterocycles. The molecule has 0 saturated carbocycles. The van der Waals surface area contributed by atoms with Gasteiger partial charge in [0.1, 0.15) is 13.1 Å². The van der Waals surface area contributed by atoms with Gasteiger partial charge in [-0.3, -0.25) is 0 Å². The van der Waals surface area contributed by atoms with Crippen molar-refractivity contribution in [3.8, 4) is 0 Å². The Labute approximate surface area is 147 Å². The Kier molecular flexibility index (Phi) is 12.2. The molecular weight excluding hydrogens is 454 g/mol. The van der Waals surface area contributed by atoms with Crippen molar-refractivity contribution in [2.75, 3.05) is 67.6 Å². The van der Waals surface area contributed by atoms with Gasteiger partial charge >= 0.3 is 0 Å². The Bertz CT molecular complexity index is 202. The van der Waals surface area contributed by atoms with Gasteiger partial charge in [0.15, 0.2) is 0 Å². The highest BCUT2D eigenvalue weighted by atomic mass is 127. The number of ether oxygens (including phenoxy) is 1. The highest BCUT2D eigenvalue weighted by Gasteiger charge is 2.23. The number of rotatable bonds is 6. The molecule has 3 nitrogen and oxygen atoms in total. The van der Waals surface area contributed by atoms with Crippen molar-refractivity contribution >= 4 is 0 Å². The smallest absolute Gasteiger partial charge is 0.102 e. The molecule has 112 valence electrons. The molecular formula is C13H30I2N2O. The van der Waals surface area contributed by atoms with Crippen LogP contribution in [0.2, 0.25) is 0 Å². The largest absolute Gasteiger partial charge is 1.00 e. The van der Waals surface area contributed by atoms with Gasteiger partial charge in [0.05, 0.1) is 54.5 Å². The molecule has 0 bridgehead atoms. The first-order valence-electron chi connectivity index (χ1n) is 6.63. The zero-order chi connectivity index (χ0) is 12.1. The van der Waals surface area contributed by atoms with E-state index in [2.05, 4.69) is 28.2 Å². The lowest BCUT2D eigenvalue weighted by Gasteiger charge is -2.37. The highest BCUT2D eigenvalue weighted by Crippen LogP contribution is 2.15. The normalized spacial score (nSPS) is 18.7. The average Bonchev–Trinajstić information content (AvgIpc) is 2.16. The molecule has 1 fully saturated rings. The maximum absolute atomic E-state index is 5.75. The Balaban J connectivity index is 0. The van der Waals surface area contributed by atoms with Crippen molar-refractivity contribution in [2.45, 2.75) is 19.3 Å². The number of likely N-dealkylation sites (tertiary alicyclic amines) is 1. The van der Waals surface area contributed by atoms with Gasteiger partial charge in [-0.15, -0.1) is 0 Å². The first-order chi connectivity index (χ1) is 7.41. The minimum Gasteiger partial charge on any atom is -1.00 e. The summed E-state index contributed by atoms with van der Waals surface area (Å²) in [4.78, 5) is 0. The van der Waals surface area contributed by atoms with E-state index < -0.39 is 0 Å². The third-order valence-corrected chi connectivity index (χ3v) is 3.58. The number of hydrogen-bond donors (Lipinski definition) is 0. The molecule has 1 saturated heterocycles. The van der Waals surface area contributed by atoms with Crippen molar-refractivity contribution in [3.63, 3.8) is 0 Å². The standard InChI is InChI=1S/C13H30N2O.2HI/c1-14(2,3)10-12-16-13-11-15(4)8-6-5-7-9-15;;/h5-13H2,1-4H3;2*1H/q+2;;/p-2. The molecule has 0 spiro atoms. The molecule has 0 atom stereocenters. The van der Waals surface area contributed by atoms with E-state index in [0.717, 1.165) is 24.2 Å². The first-order valence-corrected chi connectivity index (χ1v) is 6.63. The minimum atomic E-state index is 0. The zero-order valence-corrected chi connectivity index (χ0v) is 16.7. The van der Waals surface area contributed by atoms with Crippen LogP contribution in [0.25, 0.3) is 0 Å². The van der Waals surface area contributed by atoms with Crippen LogP contribution in [0.4, 0.5) is 0 Å². The van der Waals surface area contributed by atoms with Crippen LogP contribution in [0, 0.1) is 0 Å². The molecule has 18 heavy (non-hydrogen) atoms. The second kappa shape index (κ2) is 10.1. The maximum atomic E-state index is 5.75. The third kappa shape index (κ3) is 10.2. The van der Waals surface area contributed by atoms with E-state index in [1.54, 1.807) is 0 Å². The molecule has 5 heteroatoms. The molecule has 0 aliphatic carbocycles. The molecule has 0 amide bonds. The van der Waals surface area contributed by atoms with Crippen LogP contribution in [0.1, 0.15) is 19.3 Å². The van der Waals surface area contributed by atoms with Crippen LogP contribution >= 0.6 is 0 Å². The highest BCUT2D eigenvalue weighted by molar-refractivity contribution is 4.51. The van der Waals surface area contributed by atoms with Crippen molar-refractivity contribution < 1.29 is 61.7 Å². The summed E-state index contributed by atoms with van der Waals surface area (Å²) >= 11 is 0. The van der Waals surface area contributed by atoms with E-state index in [4.69, 9.17) is 4.74 Å². The van der Waals surface area contributed by atoms with Crippen molar-refractivity contribution in [1.29, 1.82) is 0 Å². The number of nitrogens with zero attached hydrogens (tertiary/aromatic N) is 2. The van der Waals surface area contributed by atoms with Crippen LogP contribution in [0.3, 0.4) is 0 Å². The second-order valence-corrected chi connectivity index (χ2v) is 6.48. The number of halogens is 2. The van der Waals surface area contributed by atoms with E-state index in [-0.39, 0.29) is 48.0 Å². The number of hydrogen-bond acceptors (Lipinski definition) is 1. The average molecular weight is 484 g/mol. The van der Waals surface area contributed by atoms with Crippen LogP contribution < -0.4 is 48.0 Å². The summed E-state index contributed by atoms with van der Waals surface area (Å²) in [7, 11) is 9.01. The lowest BCUT2D eigenvalue weighted by Crippen LogP contribution is -3.00. The van der Waals surface area contributed by atoms with E-state index in [1.807, 2.05) is 0 Å². The van der Waals surface area contributed by atoms with Crippen molar-refractivity contribution in [1.82, 2.24) is 0 Å². The van der Waals surface area contributed by atoms with Gasteiger partial charge in [-0.2, -0.15) is 0 Å². The van der Waals surface area contributed by atoms with Gasteiger partial charge in [-0.1, -0.05) is 0 Å². The molecule has 1 rings (SSSR count). The van der Waals surface area contributed by atoms with Gasteiger partial charge < -0.3 is 61.7 Å². The summed E-state index contributed by atoms with van der Waals surface area (Å²) in [6, 6.07) is 0. The fraction of sp³-hybridized carbons (Fsp3) is 1.00. The van der Waals surface area contributed by atoms with Crippen LogP contribution in [0.5, 0.6) is 0 Å². The summed E-state index contributed by atoms with van der Waals surface area (Å²) in [5.41, 5.74) is 0. The molecule has 1 aliphatic heterocycles. The number of quaternary nitrogens is 2. The predicted molar refractivity (Wildman–Crippen MR) is 68.4 cm³/mol. The summed E-state index contributed by atoms with van der Waals surface area (Å²) in [6.07, 6.45) is 4.22. The van der Waals surface area contributed by atoms with Crippen molar-refractivity contribution in [3.05, 3.63) is 0 Å². The molecule has 0 aromatic carbocycles. The third-order valence-electron chi connectivity index (χ3n) is 3.58. The van der Waals surface area contributed by atoms with Crippen LogP contribution in [-0.4, -0.2) is 76.5 Å². The van der Waals surface area contributed by atoms with Gasteiger partial charge in [0, 0.05) is 0 Å². The fourth-order valence-electron chi connectivity index (χ4n) is 2.22. The van der Waals surface area contributed by atoms with Crippen LogP contribution in [-0.2, 0) is 4.74 Å². The molecule has 0 aromatic heterocycles. The molecule has 0 N–H and O–H groups in total. The Morgan fingerprint density at radius 1 is 0.944 bits per heavy atom. The zero-order valence-electron chi connectivity index (χ0n) is 12.4. The van der Waals surface area contributed by atoms with E-state index in [1.165, 1.54) is 43.4 Å². The maximum Gasteiger partial charge on any atom is 0.102 e. The molecule has 1 aliphatic rings. The Hall–Kier alpha value is 1.34. The second-order valence-electron chi connectivity index (χ2n) is 6.48.